The van der Waals surface area contributed by atoms with Gasteiger partial charge < -0.3 is 9.15 Å². The Morgan fingerprint density at radius 1 is 1.60 bits per heavy atom. The van der Waals surface area contributed by atoms with Gasteiger partial charge in [-0.1, -0.05) is 0 Å². The average Bonchev–Trinajstić information content (AvgIpc) is 2.70. The number of nitriles is 1. The maximum absolute atomic E-state index is 11.1. The quantitative estimate of drug-likeness (QED) is 0.654. The summed E-state index contributed by atoms with van der Waals surface area (Å²) in [7, 11) is 1.27. The van der Waals surface area contributed by atoms with Crippen molar-refractivity contribution < 1.29 is 13.9 Å². The molecule has 15 heavy (non-hydrogen) atoms. The molecule has 0 saturated heterocycles. The number of carbonyl (C=O) groups is 1. The number of rotatable bonds is 1. The largest absolute Gasteiger partial charge is 0.463 e. The fraction of sp³-hybridized carbons (Fsp3) is 0.100. The van der Waals surface area contributed by atoms with E-state index in [0.29, 0.717) is 16.7 Å². The van der Waals surface area contributed by atoms with Crippen LogP contribution in [0.5, 0.6) is 0 Å². The number of furan rings is 1. The van der Waals surface area contributed by atoms with E-state index in [4.69, 9.17) is 9.68 Å². The second-order valence-corrected chi connectivity index (χ2v) is 2.83. The summed E-state index contributed by atoms with van der Waals surface area (Å²) in [5.41, 5.74) is 0.731. The fourth-order valence-electron chi connectivity index (χ4n) is 1.20. The molecule has 0 N–H and O–H groups in total. The summed E-state index contributed by atoms with van der Waals surface area (Å²) in [4.78, 5) is 15.0. The van der Waals surface area contributed by atoms with Crippen molar-refractivity contribution in [3.63, 3.8) is 0 Å². The van der Waals surface area contributed by atoms with E-state index in [1.54, 1.807) is 6.07 Å². The van der Waals surface area contributed by atoms with Crippen LogP contribution in [0.4, 0.5) is 0 Å². The predicted octanol–water partition coefficient (Wildman–Crippen LogP) is 1.49. The first-order valence-corrected chi connectivity index (χ1v) is 4.12. The molecule has 0 unspecified atom stereocenters. The topological polar surface area (TPSA) is 76.1 Å². The Morgan fingerprint density at radius 3 is 3.07 bits per heavy atom. The van der Waals surface area contributed by atoms with Gasteiger partial charge in [-0.15, -0.1) is 0 Å². The van der Waals surface area contributed by atoms with E-state index in [1.165, 1.54) is 19.4 Å². The molecule has 5 nitrogen and oxygen atoms in total. The molecule has 0 radical (unpaired) electrons. The van der Waals surface area contributed by atoms with Crippen LogP contribution in [0.2, 0.25) is 0 Å². The molecule has 0 atom stereocenters. The minimum Gasteiger partial charge on any atom is -0.463 e. The summed E-state index contributed by atoms with van der Waals surface area (Å²) < 4.78 is 9.62. The van der Waals surface area contributed by atoms with Gasteiger partial charge in [-0.05, 0) is 6.07 Å². The number of aromatic nitrogens is 1. The molecule has 74 valence electrons. The molecular formula is C10H6N2O3. The lowest BCUT2D eigenvalue weighted by atomic mass is 10.2. The summed E-state index contributed by atoms with van der Waals surface area (Å²) >= 11 is 0. The van der Waals surface area contributed by atoms with Crippen LogP contribution in [-0.2, 0) is 4.74 Å². The van der Waals surface area contributed by atoms with Gasteiger partial charge in [0.15, 0.2) is 0 Å². The maximum atomic E-state index is 11.1. The predicted molar refractivity (Wildman–Crippen MR) is 50.1 cm³/mol. The Bertz CT molecular complexity index is 566. The van der Waals surface area contributed by atoms with Crippen LogP contribution >= 0.6 is 0 Å². The summed E-state index contributed by atoms with van der Waals surface area (Å²) in [5.74, 6) is -0.485. The molecule has 5 heteroatoms. The van der Waals surface area contributed by atoms with E-state index >= 15 is 0 Å². The van der Waals surface area contributed by atoms with Gasteiger partial charge in [0.25, 0.3) is 0 Å². The third kappa shape index (κ3) is 1.53. The highest BCUT2D eigenvalue weighted by molar-refractivity contribution is 5.91. The van der Waals surface area contributed by atoms with E-state index in [-0.39, 0.29) is 5.76 Å². The molecule has 0 amide bonds. The van der Waals surface area contributed by atoms with Gasteiger partial charge in [0.2, 0.25) is 11.5 Å². The SMILES string of the molecule is COC(=O)c1cc2cc(C#N)cnc2o1. The van der Waals surface area contributed by atoms with Gasteiger partial charge in [-0.3, -0.25) is 0 Å². The van der Waals surface area contributed by atoms with E-state index in [9.17, 15) is 4.79 Å². The van der Waals surface area contributed by atoms with Crippen molar-refractivity contribution in [1.82, 2.24) is 4.98 Å². The van der Waals surface area contributed by atoms with Crippen LogP contribution < -0.4 is 0 Å². The second-order valence-electron chi connectivity index (χ2n) is 2.83. The van der Waals surface area contributed by atoms with Crippen molar-refractivity contribution in [3.05, 3.63) is 29.7 Å². The summed E-state index contributed by atoms with van der Waals surface area (Å²) in [6.45, 7) is 0. The lowest BCUT2D eigenvalue weighted by Gasteiger charge is -1.90. The molecule has 2 aromatic heterocycles. The lowest BCUT2D eigenvalue weighted by Crippen LogP contribution is -1.97. The number of hydrogen-bond acceptors (Lipinski definition) is 5. The molecular weight excluding hydrogens is 196 g/mol. The highest BCUT2D eigenvalue weighted by Crippen LogP contribution is 2.18. The van der Waals surface area contributed by atoms with Crippen molar-refractivity contribution in [3.8, 4) is 6.07 Å². The Balaban J connectivity index is 2.57. The first kappa shape index (κ1) is 9.21. The van der Waals surface area contributed by atoms with Crippen LogP contribution in [-0.4, -0.2) is 18.1 Å². The summed E-state index contributed by atoms with van der Waals surface area (Å²) in [6.07, 6.45) is 1.38. The highest BCUT2D eigenvalue weighted by Gasteiger charge is 2.13. The molecule has 0 bridgehead atoms. The number of esters is 1. The molecule has 2 heterocycles. The number of ether oxygens (including phenoxy) is 1. The molecule has 0 saturated carbocycles. The number of carbonyl (C=O) groups excluding carboxylic acids is 1. The van der Waals surface area contributed by atoms with Crippen molar-refractivity contribution in [2.24, 2.45) is 0 Å². The van der Waals surface area contributed by atoms with E-state index in [2.05, 4.69) is 9.72 Å². The van der Waals surface area contributed by atoms with E-state index in [1.807, 2.05) is 6.07 Å². The molecule has 0 aliphatic rings. The first-order valence-electron chi connectivity index (χ1n) is 4.12. The number of fused-ring (bicyclic) bond motifs is 1. The van der Waals surface area contributed by atoms with E-state index < -0.39 is 5.97 Å². The van der Waals surface area contributed by atoms with Gasteiger partial charge in [0.05, 0.1) is 12.7 Å². The summed E-state index contributed by atoms with van der Waals surface area (Å²) in [5, 5.41) is 9.25. The Kier molecular flexibility index (Phi) is 2.10. The van der Waals surface area contributed by atoms with E-state index in [0.717, 1.165) is 0 Å². The zero-order valence-corrected chi connectivity index (χ0v) is 7.85. The van der Waals surface area contributed by atoms with Gasteiger partial charge >= 0.3 is 5.97 Å². The number of pyridine rings is 1. The third-order valence-corrected chi connectivity index (χ3v) is 1.89. The monoisotopic (exact) mass is 202 g/mol. The van der Waals surface area contributed by atoms with Crippen molar-refractivity contribution in [1.29, 1.82) is 5.26 Å². The fourth-order valence-corrected chi connectivity index (χ4v) is 1.20. The maximum Gasteiger partial charge on any atom is 0.374 e. The van der Waals surface area contributed by atoms with Crippen LogP contribution in [0, 0.1) is 11.3 Å². The number of methoxy groups -OCH3 is 1. The molecule has 2 rings (SSSR count). The standard InChI is InChI=1S/C10H6N2O3/c1-14-10(13)8-3-7-2-6(4-11)5-12-9(7)15-8/h2-3,5H,1H3. The minimum atomic E-state index is -0.563. The van der Waals surface area contributed by atoms with Crippen LogP contribution in [0.1, 0.15) is 16.1 Å². The number of hydrogen-bond donors (Lipinski definition) is 0. The Morgan fingerprint density at radius 2 is 2.40 bits per heavy atom. The van der Waals surface area contributed by atoms with Gasteiger partial charge in [-0.2, -0.15) is 5.26 Å². The van der Waals surface area contributed by atoms with Gasteiger partial charge in [-0.25, -0.2) is 9.78 Å². The van der Waals surface area contributed by atoms with Crippen molar-refractivity contribution >= 4 is 17.1 Å². The zero-order valence-electron chi connectivity index (χ0n) is 7.85. The molecule has 0 fully saturated rings. The van der Waals surface area contributed by atoms with Crippen LogP contribution in [0.3, 0.4) is 0 Å². The number of nitrogens with zero attached hydrogens (tertiary/aromatic N) is 2. The second kappa shape index (κ2) is 3.42. The molecule has 0 aromatic carbocycles. The van der Waals surface area contributed by atoms with Gasteiger partial charge in [0.1, 0.15) is 6.07 Å². The Hall–Kier alpha value is -2.35. The Labute approximate surface area is 84.9 Å². The average molecular weight is 202 g/mol. The van der Waals surface area contributed by atoms with Crippen LogP contribution in [0.15, 0.2) is 22.7 Å². The normalized spacial score (nSPS) is 9.87. The van der Waals surface area contributed by atoms with Crippen molar-refractivity contribution in [2.45, 2.75) is 0 Å². The van der Waals surface area contributed by atoms with Gasteiger partial charge in [0, 0.05) is 17.6 Å². The smallest absolute Gasteiger partial charge is 0.374 e. The molecule has 0 aliphatic carbocycles. The highest BCUT2D eigenvalue weighted by atomic mass is 16.5. The first-order chi connectivity index (χ1) is 7.24. The molecule has 0 spiro atoms. The lowest BCUT2D eigenvalue weighted by molar-refractivity contribution is 0.0567. The zero-order chi connectivity index (χ0) is 10.8. The molecule has 0 aliphatic heterocycles. The minimum absolute atomic E-state index is 0.0788. The summed E-state index contributed by atoms with van der Waals surface area (Å²) in [6, 6.07) is 5.04. The molecule has 2 aromatic rings. The van der Waals surface area contributed by atoms with Crippen molar-refractivity contribution in [2.75, 3.05) is 7.11 Å². The third-order valence-electron chi connectivity index (χ3n) is 1.89. The van der Waals surface area contributed by atoms with Crippen LogP contribution in [0.25, 0.3) is 11.1 Å².